The highest BCUT2D eigenvalue weighted by atomic mass is 35.5. The summed E-state index contributed by atoms with van der Waals surface area (Å²) in [4.78, 5) is 24.7. The van der Waals surface area contributed by atoms with Crippen LogP contribution in [0.3, 0.4) is 0 Å². The van der Waals surface area contributed by atoms with Crippen LogP contribution in [0.5, 0.6) is 0 Å². The van der Waals surface area contributed by atoms with E-state index in [0.29, 0.717) is 11.8 Å². The van der Waals surface area contributed by atoms with Crippen LogP contribution in [-0.2, 0) is 4.79 Å². The van der Waals surface area contributed by atoms with Crippen LogP contribution in [0, 0.1) is 6.92 Å². The molecule has 31 heavy (non-hydrogen) atoms. The molecule has 1 aliphatic heterocycles. The van der Waals surface area contributed by atoms with E-state index in [1.54, 1.807) is 0 Å². The first-order valence-electron chi connectivity index (χ1n) is 10.0. The maximum Gasteiger partial charge on any atom is 0.230 e. The van der Waals surface area contributed by atoms with Crippen molar-refractivity contribution in [3.05, 3.63) is 76.8 Å². The second-order valence-electron chi connectivity index (χ2n) is 7.36. The summed E-state index contributed by atoms with van der Waals surface area (Å²) < 4.78 is 0. The highest BCUT2D eigenvalue weighted by Gasteiger charge is 2.21. The summed E-state index contributed by atoms with van der Waals surface area (Å²) in [5.74, 6) is 1.00. The molecule has 8 heteroatoms. The molecule has 3 aromatic rings. The smallest absolute Gasteiger partial charge is 0.230 e. The SMILES string of the molecule is CC(=O)Nc1cccc(Nc2ncnc(C3CC(c4cccc(Cl)c4)=CCN3)n2)c1C. The van der Waals surface area contributed by atoms with Crippen LogP contribution < -0.4 is 16.0 Å². The molecule has 1 unspecified atom stereocenters. The van der Waals surface area contributed by atoms with Gasteiger partial charge in [-0.15, -0.1) is 0 Å². The van der Waals surface area contributed by atoms with E-state index < -0.39 is 0 Å². The number of carbonyl (C=O) groups excluding carboxylic acids is 1. The fourth-order valence-electron chi connectivity index (χ4n) is 3.56. The van der Waals surface area contributed by atoms with Gasteiger partial charge in [-0.3, -0.25) is 4.79 Å². The third kappa shape index (κ3) is 5.07. The lowest BCUT2D eigenvalue weighted by Gasteiger charge is -2.23. The molecule has 0 fully saturated rings. The van der Waals surface area contributed by atoms with E-state index in [2.05, 4.69) is 43.0 Å². The number of nitrogens with zero attached hydrogens (tertiary/aromatic N) is 3. The first-order chi connectivity index (χ1) is 15.0. The molecule has 0 spiro atoms. The van der Waals surface area contributed by atoms with Gasteiger partial charge in [0.15, 0.2) is 5.82 Å². The van der Waals surface area contributed by atoms with Crippen LogP contribution >= 0.6 is 11.6 Å². The number of carbonyl (C=O) groups is 1. The molecule has 0 aliphatic carbocycles. The van der Waals surface area contributed by atoms with Gasteiger partial charge in [-0.05, 0) is 54.3 Å². The van der Waals surface area contributed by atoms with E-state index in [0.717, 1.165) is 40.5 Å². The molecule has 1 aliphatic rings. The number of rotatable bonds is 5. The highest BCUT2D eigenvalue weighted by molar-refractivity contribution is 6.30. The fraction of sp³-hybridized carbons (Fsp3) is 0.217. The summed E-state index contributed by atoms with van der Waals surface area (Å²) in [7, 11) is 0. The Morgan fingerprint density at radius 2 is 1.97 bits per heavy atom. The van der Waals surface area contributed by atoms with E-state index in [4.69, 9.17) is 11.6 Å². The average molecular weight is 435 g/mol. The number of aromatic nitrogens is 3. The standard InChI is InChI=1S/C23H23ClN6O/c1-14-19(28-15(2)31)7-4-8-20(14)29-23-27-13-26-22(30-23)21-12-17(9-10-25-21)16-5-3-6-18(24)11-16/h3-9,11,13,21,25H,10,12H2,1-2H3,(H,28,31)(H,26,27,29,30). The summed E-state index contributed by atoms with van der Waals surface area (Å²) in [6, 6.07) is 13.5. The minimum atomic E-state index is -0.116. The van der Waals surface area contributed by atoms with Crippen LogP contribution in [0.4, 0.5) is 17.3 Å². The first kappa shape index (κ1) is 21.0. The molecule has 158 valence electrons. The number of hydrogen-bond donors (Lipinski definition) is 3. The Morgan fingerprint density at radius 3 is 2.77 bits per heavy atom. The second kappa shape index (κ2) is 9.24. The molecule has 7 nitrogen and oxygen atoms in total. The summed E-state index contributed by atoms with van der Waals surface area (Å²) in [6.45, 7) is 4.14. The number of hydrogen-bond acceptors (Lipinski definition) is 6. The van der Waals surface area contributed by atoms with Gasteiger partial charge in [0.25, 0.3) is 0 Å². The molecule has 1 aromatic heterocycles. The topological polar surface area (TPSA) is 91.8 Å². The normalized spacial score (nSPS) is 15.8. The third-order valence-corrected chi connectivity index (χ3v) is 5.36. The van der Waals surface area contributed by atoms with Gasteiger partial charge in [0.2, 0.25) is 11.9 Å². The number of amides is 1. The summed E-state index contributed by atoms with van der Waals surface area (Å²) in [6.07, 6.45) is 4.43. The molecular weight excluding hydrogens is 412 g/mol. The van der Waals surface area contributed by atoms with Crippen LogP contribution in [0.25, 0.3) is 5.57 Å². The van der Waals surface area contributed by atoms with Gasteiger partial charge in [0.05, 0.1) is 6.04 Å². The van der Waals surface area contributed by atoms with Gasteiger partial charge < -0.3 is 16.0 Å². The van der Waals surface area contributed by atoms with Crippen molar-refractivity contribution in [2.45, 2.75) is 26.3 Å². The van der Waals surface area contributed by atoms with Gasteiger partial charge in [-0.1, -0.05) is 35.9 Å². The molecule has 0 radical (unpaired) electrons. The molecule has 0 saturated carbocycles. The first-order valence-corrected chi connectivity index (χ1v) is 10.4. The largest absolute Gasteiger partial charge is 0.326 e. The molecule has 0 saturated heterocycles. The van der Waals surface area contributed by atoms with Crippen LogP contribution in [0.1, 0.15) is 36.3 Å². The Morgan fingerprint density at radius 1 is 1.16 bits per heavy atom. The van der Waals surface area contributed by atoms with E-state index in [9.17, 15) is 4.79 Å². The molecular formula is C23H23ClN6O. The minimum absolute atomic E-state index is 0.0330. The minimum Gasteiger partial charge on any atom is -0.326 e. The van der Waals surface area contributed by atoms with Gasteiger partial charge >= 0.3 is 0 Å². The molecule has 1 amide bonds. The lowest BCUT2D eigenvalue weighted by molar-refractivity contribution is -0.114. The van der Waals surface area contributed by atoms with Crippen molar-refractivity contribution in [1.82, 2.24) is 20.3 Å². The Hall–Kier alpha value is -3.29. The molecule has 1 atom stereocenters. The molecule has 2 heterocycles. The second-order valence-corrected chi connectivity index (χ2v) is 7.79. The number of nitrogens with one attached hydrogen (secondary N) is 3. The maximum absolute atomic E-state index is 11.4. The number of halogens is 1. The zero-order chi connectivity index (χ0) is 21.8. The van der Waals surface area contributed by atoms with Gasteiger partial charge in [-0.2, -0.15) is 4.98 Å². The molecule has 0 bridgehead atoms. The van der Waals surface area contributed by atoms with E-state index in [1.165, 1.54) is 18.8 Å². The van der Waals surface area contributed by atoms with Crippen molar-refractivity contribution in [2.24, 2.45) is 0 Å². The highest BCUT2D eigenvalue weighted by Crippen LogP contribution is 2.30. The van der Waals surface area contributed by atoms with Crippen molar-refractivity contribution >= 4 is 40.4 Å². The van der Waals surface area contributed by atoms with Gasteiger partial charge in [-0.25, -0.2) is 9.97 Å². The zero-order valence-electron chi connectivity index (χ0n) is 17.3. The Balaban J connectivity index is 1.53. The monoisotopic (exact) mass is 434 g/mol. The van der Waals surface area contributed by atoms with E-state index >= 15 is 0 Å². The Labute approximate surface area is 186 Å². The Kier molecular flexibility index (Phi) is 6.25. The van der Waals surface area contributed by atoms with Crippen molar-refractivity contribution in [2.75, 3.05) is 17.2 Å². The predicted molar refractivity (Wildman–Crippen MR) is 123 cm³/mol. The maximum atomic E-state index is 11.4. The van der Waals surface area contributed by atoms with Crippen molar-refractivity contribution in [3.8, 4) is 0 Å². The average Bonchev–Trinajstić information content (AvgIpc) is 2.77. The lowest BCUT2D eigenvalue weighted by Crippen LogP contribution is -2.27. The van der Waals surface area contributed by atoms with Crippen LogP contribution in [-0.4, -0.2) is 27.4 Å². The summed E-state index contributed by atoms with van der Waals surface area (Å²) >= 11 is 6.16. The zero-order valence-corrected chi connectivity index (χ0v) is 18.1. The third-order valence-electron chi connectivity index (χ3n) is 5.13. The fourth-order valence-corrected chi connectivity index (χ4v) is 3.75. The lowest BCUT2D eigenvalue weighted by atomic mass is 9.95. The number of anilines is 3. The molecule has 3 N–H and O–H groups in total. The van der Waals surface area contributed by atoms with Crippen molar-refractivity contribution < 1.29 is 4.79 Å². The van der Waals surface area contributed by atoms with E-state index in [1.807, 2.05) is 43.3 Å². The summed E-state index contributed by atoms with van der Waals surface area (Å²) in [5.41, 5.74) is 4.79. The van der Waals surface area contributed by atoms with Crippen molar-refractivity contribution in [1.29, 1.82) is 0 Å². The Bertz CT molecular complexity index is 1150. The van der Waals surface area contributed by atoms with Crippen LogP contribution in [0.15, 0.2) is 54.9 Å². The quantitative estimate of drug-likeness (QED) is 0.541. The molecule has 4 rings (SSSR count). The summed E-state index contributed by atoms with van der Waals surface area (Å²) in [5, 5.41) is 10.2. The van der Waals surface area contributed by atoms with Crippen LogP contribution in [0.2, 0.25) is 5.02 Å². The van der Waals surface area contributed by atoms with Gasteiger partial charge in [0, 0.05) is 29.9 Å². The number of benzene rings is 2. The predicted octanol–water partition coefficient (Wildman–Crippen LogP) is 4.65. The molecule has 2 aromatic carbocycles. The van der Waals surface area contributed by atoms with Gasteiger partial charge in [0.1, 0.15) is 6.33 Å². The van der Waals surface area contributed by atoms with Crippen molar-refractivity contribution in [3.63, 3.8) is 0 Å². The van der Waals surface area contributed by atoms with E-state index in [-0.39, 0.29) is 11.9 Å².